The van der Waals surface area contributed by atoms with Crippen LogP contribution in [0.4, 0.5) is 13.2 Å². The molecule has 0 N–H and O–H groups in total. The molecule has 3 aromatic rings. The van der Waals surface area contributed by atoms with Crippen LogP contribution in [0.5, 0.6) is 0 Å². The summed E-state index contributed by atoms with van der Waals surface area (Å²) in [6, 6.07) is 7.31. The quantitative estimate of drug-likeness (QED) is 0.504. The summed E-state index contributed by atoms with van der Waals surface area (Å²) < 4.78 is 41.6. The van der Waals surface area contributed by atoms with Crippen LogP contribution < -0.4 is 0 Å². The fraction of sp³-hybridized carbons (Fsp3) is 0.133. The lowest BCUT2D eigenvalue weighted by atomic mass is 10.2. The Kier molecular flexibility index (Phi) is 3.37. The highest BCUT2D eigenvalue weighted by Gasteiger charge is 2.17. The van der Waals surface area contributed by atoms with Crippen molar-refractivity contribution in [2.45, 2.75) is 12.8 Å². The molecule has 0 atom stereocenters. The molecule has 2 nitrogen and oxygen atoms in total. The maximum absolute atomic E-state index is 13.5. The normalized spacial score (nSPS) is 11.3. The summed E-state index contributed by atoms with van der Waals surface area (Å²) in [7, 11) is 0. The van der Waals surface area contributed by atoms with Crippen molar-refractivity contribution in [3.8, 4) is 5.69 Å². The van der Waals surface area contributed by atoms with Gasteiger partial charge in [-0.05, 0) is 18.6 Å². The number of halogens is 4. The first-order chi connectivity index (χ1) is 10.0. The first-order valence-electron chi connectivity index (χ1n) is 6.20. The van der Waals surface area contributed by atoms with E-state index in [1.54, 1.807) is 6.07 Å². The summed E-state index contributed by atoms with van der Waals surface area (Å²) in [6.07, 6.45) is 0. The molecule has 0 unspecified atom stereocenters. The van der Waals surface area contributed by atoms with Crippen molar-refractivity contribution in [3.05, 3.63) is 59.2 Å². The summed E-state index contributed by atoms with van der Waals surface area (Å²) in [5, 5.41) is 0. The molecular formula is C15H10ClF3N2. The van der Waals surface area contributed by atoms with Gasteiger partial charge in [-0.2, -0.15) is 0 Å². The zero-order chi connectivity index (χ0) is 15.1. The Morgan fingerprint density at radius 1 is 1.14 bits per heavy atom. The largest absolute Gasteiger partial charge is 0.295 e. The monoisotopic (exact) mass is 310 g/mol. The maximum atomic E-state index is 13.5. The van der Waals surface area contributed by atoms with Gasteiger partial charge < -0.3 is 0 Å². The van der Waals surface area contributed by atoms with Crippen LogP contribution >= 0.6 is 11.6 Å². The Balaban J connectivity index is 2.36. The fourth-order valence-corrected chi connectivity index (χ4v) is 2.52. The number of rotatable bonds is 2. The van der Waals surface area contributed by atoms with E-state index in [1.165, 1.54) is 4.57 Å². The van der Waals surface area contributed by atoms with Crippen LogP contribution in [0.2, 0.25) is 0 Å². The van der Waals surface area contributed by atoms with E-state index in [4.69, 9.17) is 11.6 Å². The Hall–Kier alpha value is -2.01. The molecule has 0 amide bonds. The Labute approximate surface area is 123 Å². The summed E-state index contributed by atoms with van der Waals surface area (Å²) in [6.45, 7) is 1.88. The molecule has 0 bridgehead atoms. The molecule has 0 aliphatic carbocycles. The topological polar surface area (TPSA) is 17.8 Å². The molecular weight excluding hydrogens is 301 g/mol. The molecule has 2 aromatic carbocycles. The average Bonchev–Trinajstić information content (AvgIpc) is 2.84. The molecule has 0 spiro atoms. The molecule has 0 saturated heterocycles. The highest BCUT2D eigenvalue weighted by Crippen LogP contribution is 2.26. The molecule has 0 aliphatic heterocycles. The average molecular weight is 311 g/mol. The van der Waals surface area contributed by atoms with Gasteiger partial charge in [0.2, 0.25) is 0 Å². The van der Waals surface area contributed by atoms with Crippen molar-refractivity contribution >= 4 is 22.6 Å². The molecule has 1 aromatic heterocycles. The van der Waals surface area contributed by atoms with E-state index >= 15 is 0 Å². The standard InChI is InChI=1S/C15H10ClF3N2/c1-8-3-2-4-12-15(8)20-13(7-16)21(12)9-5-10(17)14(19)11(18)6-9/h2-6H,7H2,1H3. The third-order valence-electron chi connectivity index (χ3n) is 3.30. The number of benzene rings is 2. The molecule has 0 radical (unpaired) electrons. The third-order valence-corrected chi connectivity index (χ3v) is 3.54. The number of para-hydroxylation sites is 1. The third kappa shape index (κ3) is 2.17. The van der Waals surface area contributed by atoms with E-state index in [-0.39, 0.29) is 11.6 Å². The van der Waals surface area contributed by atoms with Gasteiger partial charge in [0.15, 0.2) is 17.5 Å². The van der Waals surface area contributed by atoms with Crippen LogP contribution in [0, 0.1) is 24.4 Å². The summed E-state index contributed by atoms with van der Waals surface area (Å²) in [5.41, 5.74) is 2.42. The number of hydrogen-bond acceptors (Lipinski definition) is 1. The van der Waals surface area contributed by atoms with Gasteiger partial charge in [0.05, 0.1) is 22.6 Å². The summed E-state index contributed by atoms with van der Waals surface area (Å²) in [5.74, 6) is -3.49. The Bertz CT molecular complexity index is 819. The molecule has 1 heterocycles. The lowest BCUT2D eigenvalue weighted by molar-refractivity contribution is 0.446. The van der Waals surface area contributed by atoms with Crippen LogP contribution in [0.15, 0.2) is 30.3 Å². The second-order valence-corrected chi connectivity index (χ2v) is 4.93. The maximum Gasteiger partial charge on any atom is 0.194 e. The van der Waals surface area contributed by atoms with Crippen molar-refractivity contribution < 1.29 is 13.2 Å². The van der Waals surface area contributed by atoms with Crippen molar-refractivity contribution in [2.24, 2.45) is 0 Å². The first-order valence-corrected chi connectivity index (χ1v) is 6.74. The van der Waals surface area contributed by atoms with Gasteiger partial charge in [-0.3, -0.25) is 4.57 Å². The predicted molar refractivity (Wildman–Crippen MR) is 75.2 cm³/mol. The van der Waals surface area contributed by atoms with Crippen LogP contribution in [-0.2, 0) is 5.88 Å². The van der Waals surface area contributed by atoms with E-state index in [1.807, 2.05) is 19.1 Å². The van der Waals surface area contributed by atoms with E-state index in [2.05, 4.69) is 4.98 Å². The number of imidazole rings is 1. The van der Waals surface area contributed by atoms with Crippen molar-refractivity contribution in [3.63, 3.8) is 0 Å². The molecule has 6 heteroatoms. The van der Waals surface area contributed by atoms with Crippen LogP contribution in [0.3, 0.4) is 0 Å². The molecule has 0 aliphatic rings. The SMILES string of the molecule is Cc1cccc2c1nc(CCl)n2-c1cc(F)c(F)c(F)c1. The molecule has 108 valence electrons. The van der Waals surface area contributed by atoms with E-state index in [0.717, 1.165) is 17.7 Å². The van der Waals surface area contributed by atoms with Gasteiger partial charge in [-0.25, -0.2) is 18.2 Å². The van der Waals surface area contributed by atoms with Gasteiger partial charge in [-0.1, -0.05) is 12.1 Å². The number of aryl methyl sites for hydroxylation is 1. The number of aromatic nitrogens is 2. The number of nitrogens with zero attached hydrogens (tertiary/aromatic N) is 2. The minimum atomic E-state index is -1.49. The predicted octanol–water partition coefficient (Wildman–Crippen LogP) is 4.49. The number of fused-ring (bicyclic) bond motifs is 1. The smallest absolute Gasteiger partial charge is 0.194 e. The van der Waals surface area contributed by atoms with Crippen LogP contribution in [0.1, 0.15) is 11.4 Å². The molecule has 0 saturated carbocycles. The minimum absolute atomic E-state index is 0.0642. The second-order valence-electron chi connectivity index (χ2n) is 4.66. The second kappa shape index (κ2) is 5.07. The van der Waals surface area contributed by atoms with Crippen LogP contribution in [-0.4, -0.2) is 9.55 Å². The highest BCUT2D eigenvalue weighted by atomic mass is 35.5. The lowest BCUT2D eigenvalue weighted by Gasteiger charge is -2.09. The Morgan fingerprint density at radius 2 is 1.81 bits per heavy atom. The minimum Gasteiger partial charge on any atom is -0.295 e. The van der Waals surface area contributed by atoms with Gasteiger partial charge >= 0.3 is 0 Å². The van der Waals surface area contributed by atoms with Gasteiger partial charge in [0, 0.05) is 12.1 Å². The van der Waals surface area contributed by atoms with Crippen molar-refractivity contribution in [1.82, 2.24) is 9.55 Å². The summed E-state index contributed by atoms with van der Waals surface area (Å²) >= 11 is 5.87. The zero-order valence-corrected chi connectivity index (χ0v) is 11.8. The zero-order valence-electron chi connectivity index (χ0n) is 11.0. The first kappa shape index (κ1) is 13.9. The molecule has 21 heavy (non-hydrogen) atoms. The van der Waals surface area contributed by atoms with Crippen molar-refractivity contribution in [1.29, 1.82) is 0 Å². The van der Waals surface area contributed by atoms with Gasteiger partial charge in [0.25, 0.3) is 0 Å². The molecule has 3 rings (SSSR count). The highest BCUT2D eigenvalue weighted by molar-refractivity contribution is 6.17. The van der Waals surface area contributed by atoms with Crippen molar-refractivity contribution in [2.75, 3.05) is 0 Å². The van der Waals surface area contributed by atoms with E-state index in [9.17, 15) is 13.2 Å². The van der Waals surface area contributed by atoms with E-state index < -0.39 is 17.5 Å². The van der Waals surface area contributed by atoms with Gasteiger partial charge in [0.1, 0.15) is 5.82 Å². The summed E-state index contributed by atoms with van der Waals surface area (Å²) in [4.78, 5) is 4.38. The van der Waals surface area contributed by atoms with E-state index in [0.29, 0.717) is 16.9 Å². The Morgan fingerprint density at radius 3 is 2.43 bits per heavy atom. The fourth-order valence-electron chi connectivity index (χ4n) is 2.34. The number of alkyl halides is 1. The van der Waals surface area contributed by atoms with Crippen LogP contribution in [0.25, 0.3) is 16.7 Å². The molecule has 0 fully saturated rings. The van der Waals surface area contributed by atoms with Gasteiger partial charge in [-0.15, -0.1) is 11.6 Å². The number of hydrogen-bond donors (Lipinski definition) is 0. The lowest BCUT2D eigenvalue weighted by Crippen LogP contribution is -2.02.